The standard InChI is InChI=1S/C31H44N4O4/c1-3-5-22-32-30(38)24-14-18-26(19-15-24)34-28(36)12-10-8-7-9-11-13-29(37)35-27-20-16-25(17-21-27)31(39)33-23-6-4-2/h14-21H,3-13,22-23H2,1-2H3,(H,32,38)(H,33,39)(H,34,36)(H,35,37). The van der Waals surface area contributed by atoms with Crippen LogP contribution in [0.3, 0.4) is 0 Å². The van der Waals surface area contributed by atoms with Gasteiger partial charge in [0.15, 0.2) is 0 Å². The van der Waals surface area contributed by atoms with Crippen LogP contribution in [0.15, 0.2) is 48.5 Å². The van der Waals surface area contributed by atoms with E-state index in [0.717, 1.165) is 57.8 Å². The Labute approximate surface area is 232 Å². The van der Waals surface area contributed by atoms with E-state index in [4.69, 9.17) is 0 Å². The van der Waals surface area contributed by atoms with Crippen LogP contribution in [0.1, 0.15) is 105 Å². The number of nitrogens with one attached hydrogen (secondary N) is 4. The molecule has 0 unspecified atom stereocenters. The fourth-order valence-electron chi connectivity index (χ4n) is 3.92. The molecule has 4 N–H and O–H groups in total. The zero-order valence-corrected chi connectivity index (χ0v) is 23.4. The van der Waals surface area contributed by atoms with Crippen molar-refractivity contribution in [2.75, 3.05) is 23.7 Å². The molecule has 4 amide bonds. The first-order valence-electron chi connectivity index (χ1n) is 14.3. The van der Waals surface area contributed by atoms with E-state index in [1.165, 1.54) is 0 Å². The lowest BCUT2D eigenvalue weighted by atomic mass is 10.1. The summed E-state index contributed by atoms with van der Waals surface area (Å²) in [7, 11) is 0. The molecular formula is C31H44N4O4. The zero-order valence-electron chi connectivity index (χ0n) is 23.4. The van der Waals surface area contributed by atoms with Gasteiger partial charge in [0.25, 0.3) is 11.8 Å². The lowest BCUT2D eigenvalue weighted by Gasteiger charge is -2.08. The minimum Gasteiger partial charge on any atom is -0.352 e. The molecule has 0 aliphatic heterocycles. The number of rotatable bonds is 18. The molecule has 8 nitrogen and oxygen atoms in total. The van der Waals surface area contributed by atoms with Crippen molar-refractivity contribution >= 4 is 35.0 Å². The van der Waals surface area contributed by atoms with E-state index in [0.29, 0.717) is 48.4 Å². The number of carbonyl (C=O) groups is 4. The van der Waals surface area contributed by atoms with Gasteiger partial charge in [-0.05, 0) is 74.2 Å². The molecule has 39 heavy (non-hydrogen) atoms. The first-order chi connectivity index (χ1) is 18.9. The summed E-state index contributed by atoms with van der Waals surface area (Å²) in [5.74, 6) is -0.286. The molecule has 2 aromatic carbocycles. The number of benzene rings is 2. The normalized spacial score (nSPS) is 10.5. The van der Waals surface area contributed by atoms with E-state index >= 15 is 0 Å². The number of carbonyl (C=O) groups excluding carboxylic acids is 4. The van der Waals surface area contributed by atoms with E-state index in [2.05, 4.69) is 35.1 Å². The average molecular weight is 537 g/mol. The number of hydrogen-bond acceptors (Lipinski definition) is 4. The van der Waals surface area contributed by atoms with Gasteiger partial charge in [0, 0.05) is 48.4 Å². The topological polar surface area (TPSA) is 116 Å². The van der Waals surface area contributed by atoms with Crippen molar-refractivity contribution in [2.45, 2.75) is 84.5 Å². The quantitative estimate of drug-likeness (QED) is 0.173. The summed E-state index contributed by atoms with van der Waals surface area (Å²) >= 11 is 0. The van der Waals surface area contributed by atoms with Crippen LogP contribution in [-0.2, 0) is 9.59 Å². The summed E-state index contributed by atoms with van der Waals surface area (Å²) in [5, 5.41) is 11.5. The summed E-state index contributed by atoms with van der Waals surface area (Å²) in [4.78, 5) is 48.5. The molecule has 0 saturated heterocycles. The zero-order chi connectivity index (χ0) is 28.3. The van der Waals surface area contributed by atoms with Crippen LogP contribution in [0.5, 0.6) is 0 Å². The fourth-order valence-corrected chi connectivity index (χ4v) is 3.92. The van der Waals surface area contributed by atoms with Crippen LogP contribution in [0, 0.1) is 0 Å². The van der Waals surface area contributed by atoms with Gasteiger partial charge >= 0.3 is 0 Å². The van der Waals surface area contributed by atoms with Crippen LogP contribution >= 0.6 is 0 Å². The second-order valence-electron chi connectivity index (χ2n) is 9.74. The van der Waals surface area contributed by atoms with Gasteiger partial charge in [-0.1, -0.05) is 46.0 Å². The molecule has 0 aliphatic rings. The smallest absolute Gasteiger partial charge is 0.251 e. The molecule has 0 bridgehead atoms. The molecule has 8 heteroatoms. The van der Waals surface area contributed by atoms with Gasteiger partial charge in [0.2, 0.25) is 11.8 Å². The average Bonchev–Trinajstić information content (AvgIpc) is 2.93. The monoisotopic (exact) mass is 536 g/mol. The molecule has 0 heterocycles. The van der Waals surface area contributed by atoms with Gasteiger partial charge in [-0.3, -0.25) is 19.2 Å². The van der Waals surface area contributed by atoms with Crippen LogP contribution in [-0.4, -0.2) is 36.7 Å². The van der Waals surface area contributed by atoms with E-state index in [9.17, 15) is 19.2 Å². The SMILES string of the molecule is CCCCNC(=O)c1ccc(NC(=O)CCCCCCCC(=O)Nc2ccc(C(=O)NCCCC)cc2)cc1. The van der Waals surface area contributed by atoms with E-state index < -0.39 is 0 Å². The molecule has 0 radical (unpaired) electrons. The molecule has 0 aliphatic carbocycles. The maximum absolute atomic E-state index is 12.2. The largest absolute Gasteiger partial charge is 0.352 e. The fraction of sp³-hybridized carbons (Fsp3) is 0.484. The summed E-state index contributed by atoms with van der Waals surface area (Å²) in [5.41, 5.74) is 2.53. The van der Waals surface area contributed by atoms with Crippen molar-refractivity contribution in [3.8, 4) is 0 Å². The van der Waals surface area contributed by atoms with Crippen LogP contribution < -0.4 is 21.3 Å². The third-order valence-corrected chi connectivity index (χ3v) is 6.30. The van der Waals surface area contributed by atoms with Gasteiger partial charge in [0.05, 0.1) is 0 Å². The lowest BCUT2D eigenvalue weighted by Crippen LogP contribution is -2.24. The highest BCUT2D eigenvalue weighted by molar-refractivity contribution is 5.96. The Balaban J connectivity index is 1.54. The molecule has 0 spiro atoms. The van der Waals surface area contributed by atoms with Crippen molar-refractivity contribution in [3.05, 3.63) is 59.7 Å². The molecule has 0 saturated carbocycles. The first kappa shape index (κ1) is 31.5. The highest BCUT2D eigenvalue weighted by Crippen LogP contribution is 2.14. The van der Waals surface area contributed by atoms with E-state index in [1.54, 1.807) is 48.5 Å². The second kappa shape index (κ2) is 18.6. The maximum Gasteiger partial charge on any atom is 0.251 e. The third-order valence-electron chi connectivity index (χ3n) is 6.30. The molecule has 0 atom stereocenters. The summed E-state index contributed by atoms with van der Waals surface area (Å²) < 4.78 is 0. The highest BCUT2D eigenvalue weighted by atomic mass is 16.2. The number of unbranched alkanes of at least 4 members (excludes halogenated alkanes) is 6. The summed E-state index contributed by atoms with van der Waals surface area (Å²) in [6.07, 6.45) is 9.22. The second-order valence-corrected chi connectivity index (χ2v) is 9.74. The number of anilines is 2. The molecule has 2 rings (SSSR count). The van der Waals surface area contributed by atoms with E-state index in [-0.39, 0.29) is 23.6 Å². The lowest BCUT2D eigenvalue weighted by molar-refractivity contribution is -0.117. The van der Waals surface area contributed by atoms with E-state index in [1.807, 2.05) is 0 Å². The molecule has 0 fully saturated rings. The minimum absolute atomic E-state index is 0.0426. The Morgan fingerprint density at radius 3 is 1.23 bits per heavy atom. The summed E-state index contributed by atoms with van der Waals surface area (Å²) in [6.45, 7) is 5.48. The van der Waals surface area contributed by atoms with Gasteiger partial charge in [0.1, 0.15) is 0 Å². The first-order valence-corrected chi connectivity index (χ1v) is 14.3. The summed E-state index contributed by atoms with van der Waals surface area (Å²) in [6, 6.07) is 13.9. The van der Waals surface area contributed by atoms with Crippen molar-refractivity contribution in [1.29, 1.82) is 0 Å². The highest BCUT2D eigenvalue weighted by Gasteiger charge is 2.08. The number of hydrogen-bond donors (Lipinski definition) is 4. The Kier molecular flexibility index (Phi) is 15.0. The predicted octanol–water partition coefficient (Wildman–Crippen LogP) is 6.05. The molecule has 212 valence electrons. The van der Waals surface area contributed by atoms with Gasteiger partial charge in [-0.25, -0.2) is 0 Å². The van der Waals surface area contributed by atoms with Crippen molar-refractivity contribution in [1.82, 2.24) is 10.6 Å². The minimum atomic E-state index is -0.101. The Morgan fingerprint density at radius 1 is 0.513 bits per heavy atom. The van der Waals surface area contributed by atoms with Crippen molar-refractivity contribution in [2.24, 2.45) is 0 Å². The van der Waals surface area contributed by atoms with Gasteiger partial charge in [-0.2, -0.15) is 0 Å². The van der Waals surface area contributed by atoms with Crippen LogP contribution in [0.4, 0.5) is 11.4 Å². The Bertz CT molecular complexity index is 952. The van der Waals surface area contributed by atoms with Crippen LogP contribution in [0.25, 0.3) is 0 Å². The third kappa shape index (κ3) is 13.1. The van der Waals surface area contributed by atoms with Crippen molar-refractivity contribution in [3.63, 3.8) is 0 Å². The Morgan fingerprint density at radius 2 is 0.872 bits per heavy atom. The van der Waals surface area contributed by atoms with Gasteiger partial charge < -0.3 is 21.3 Å². The molecule has 0 aromatic heterocycles. The van der Waals surface area contributed by atoms with Crippen LogP contribution in [0.2, 0.25) is 0 Å². The maximum atomic E-state index is 12.2. The molecule has 2 aromatic rings. The number of amides is 4. The van der Waals surface area contributed by atoms with Crippen molar-refractivity contribution < 1.29 is 19.2 Å². The van der Waals surface area contributed by atoms with Gasteiger partial charge in [-0.15, -0.1) is 0 Å². The Hall–Kier alpha value is -3.68. The predicted molar refractivity (Wildman–Crippen MR) is 157 cm³/mol. The molecular weight excluding hydrogens is 492 g/mol.